The number of fused-ring (bicyclic) bond motifs is 3. The molecule has 2 fully saturated rings. The number of morpholine rings is 1. The third-order valence-electron chi connectivity index (χ3n) is 10.2. The van der Waals surface area contributed by atoms with Crippen LogP contribution in [-0.2, 0) is 32.2 Å². The number of amides is 2. The van der Waals surface area contributed by atoms with Gasteiger partial charge in [0.1, 0.15) is 11.7 Å². The van der Waals surface area contributed by atoms with Crippen LogP contribution in [0.3, 0.4) is 0 Å². The third-order valence-corrected chi connectivity index (χ3v) is 10.2. The summed E-state index contributed by atoms with van der Waals surface area (Å²) in [6, 6.07) is 37.8. The largest absolute Gasteiger partial charge is 0.425 e. The van der Waals surface area contributed by atoms with Gasteiger partial charge in [0.05, 0.1) is 43.6 Å². The number of para-hydroxylation sites is 2. The molecular weight excluding hydrogens is 711 g/mol. The van der Waals surface area contributed by atoms with Gasteiger partial charge < -0.3 is 24.3 Å². The predicted molar refractivity (Wildman–Crippen MR) is 210 cm³/mol. The molecule has 2 saturated heterocycles. The highest BCUT2D eigenvalue weighted by Crippen LogP contribution is 2.48. The van der Waals surface area contributed by atoms with Gasteiger partial charge in [-0.05, 0) is 42.3 Å². The zero-order valence-electron chi connectivity index (χ0n) is 31.3. The maximum atomic E-state index is 14.1. The molecule has 286 valence electrons. The smallest absolute Gasteiger partial charge is 0.388 e. The van der Waals surface area contributed by atoms with Crippen molar-refractivity contribution in [2.24, 2.45) is 5.92 Å². The van der Waals surface area contributed by atoms with Crippen molar-refractivity contribution in [3.05, 3.63) is 139 Å². The highest BCUT2D eigenvalue weighted by atomic mass is 16.6. The molecule has 2 aliphatic heterocycles. The van der Waals surface area contributed by atoms with Gasteiger partial charge in [0.2, 0.25) is 11.9 Å². The minimum Gasteiger partial charge on any atom is -0.388 e. The predicted octanol–water partition coefficient (Wildman–Crippen LogP) is 7.19. The molecule has 0 unspecified atom stereocenters. The fourth-order valence-corrected chi connectivity index (χ4v) is 7.25. The highest BCUT2D eigenvalue weighted by Gasteiger charge is 2.65. The number of hydrogen-bond donors (Lipinski definition) is 2. The van der Waals surface area contributed by atoms with Crippen LogP contribution in [0, 0.1) is 5.92 Å². The van der Waals surface area contributed by atoms with Crippen molar-refractivity contribution in [1.82, 2.24) is 24.8 Å². The number of benzene rings is 4. The minimum atomic E-state index is -0.891. The summed E-state index contributed by atoms with van der Waals surface area (Å²) in [5.74, 6) is -0.848. The monoisotopic (exact) mass is 753 g/mol. The van der Waals surface area contributed by atoms with Crippen molar-refractivity contribution >= 4 is 40.5 Å². The molecule has 2 N–H and O–H groups in total. The van der Waals surface area contributed by atoms with Gasteiger partial charge in [0, 0.05) is 12.0 Å². The quantitative estimate of drug-likeness (QED) is 0.125. The molecule has 0 aliphatic carbocycles. The van der Waals surface area contributed by atoms with Crippen LogP contribution in [-0.4, -0.2) is 61.9 Å². The van der Waals surface area contributed by atoms with Crippen LogP contribution in [0.15, 0.2) is 128 Å². The van der Waals surface area contributed by atoms with Crippen LogP contribution >= 0.6 is 0 Å². The Morgan fingerprint density at radius 2 is 1.45 bits per heavy atom. The number of ether oxygens (including phenoxy) is 4. The number of aromatic nitrogens is 4. The molecular formula is C43H43N7O6. The molecule has 4 aromatic carbocycles. The van der Waals surface area contributed by atoms with Gasteiger partial charge in [-0.1, -0.05) is 111 Å². The standard InChI is InChI=1S/C43H43N7O6/c1-28(2)38(51)47-41-46-37-35(39(48-41)55-42(52)50(32-20-12-6-13-21-32)33-22-14-7-15-23-33)44-27-49(37)40-34-36(54-25-31-18-10-5-11-19-31)43(56-40,29(3)45-34)26-53-24-30-16-8-4-9-17-30/h4-23,27-29,34,36,40,45H,24-26H2,1-3H3,(H,46,47,48,51)/t29-,34+,36-,40+,43-/m0/s1. The maximum Gasteiger partial charge on any atom is 0.425 e. The van der Waals surface area contributed by atoms with Crippen molar-refractivity contribution in [2.75, 3.05) is 16.8 Å². The number of nitrogens with zero attached hydrogens (tertiary/aromatic N) is 5. The first-order valence-corrected chi connectivity index (χ1v) is 18.7. The average Bonchev–Trinajstić information content (AvgIpc) is 3.86. The fourth-order valence-electron chi connectivity index (χ4n) is 7.25. The Bertz CT molecular complexity index is 2240. The molecule has 2 aliphatic rings. The molecule has 4 heterocycles. The Hall–Kier alpha value is -5.99. The number of carbonyl (C=O) groups is 2. The molecule has 8 rings (SSSR count). The molecule has 5 atom stereocenters. The Morgan fingerprint density at radius 1 is 0.857 bits per heavy atom. The lowest BCUT2D eigenvalue weighted by atomic mass is 9.94. The number of nitrogens with one attached hydrogen (secondary N) is 2. The Kier molecular flexibility index (Phi) is 10.6. The molecule has 6 aromatic rings. The molecule has 2 amide bonds. The minimum absolute atomic E-state index is 0.0472. The summed E-state index contributed by atoms with van der Waals surface area (Å²) >= 11 is 0. The lowest BCUT2D eigenvalue weighted by Gasteiger charge is -2.37. The summed E-state index contributed by atoms with van der Waals surface area (Å²) in [6.07, 6.45) is -0.245. The Balaban J connectivity index is 1.15. The van der Waals surface area contributed by atoms with Crippen LogP contribution in [0.2, 0.25) is 0 Å². The van der Waals surface area contributed by atoms with Crippen molar-refractivity contribution in [2.45, 2.75) is 64.0 Å². The molecule has 2 bridgehead atoms. The SMILES string of the molecule is CC(C)C(=O)Nc1nc(OC(=O)N(c2ccccc2)c2ccccc2)c2ncn([C@@H]3O[C@@]4(COCc5ccccc5)[C@H](C)N[C@@H]3[C@@H]4OCc3ccccc3)c2n1. The normalized spacial score (nSPS) is 21.4. The Labute approximate surface area is 324 Å². The number of hydrogen-bond acceptors (Lipinski definition) is 10. The van der Waals surface area contributed by atoms with Crippen LogP contribution in [0.5, 0.6) is 5.88 Å². The van der Waals surface area contributed by atoms with E-state index in [4.69, 9.17) is 23.9 Å². The second kappa shape index (κ2) is 16.0. The molecule has 0 radical (unpaired) electrons. The van der Waals surface area contributed by atoms with E-state index < -0.39 is 24.0 Å². The van der Waals surface area contributed by atoms with E-state index in [1.165, 1.54) is 4.90 Å². The van der Waals surface area contributed by atoms with E-state index in [-0.39, 0.29) is 47.9 Å². The lowest BCUT2D eigenvalue weighted by molar-refractivity contribution is -0.169. The van der Waals surface area contributed by atoms with Gasteiger partial charge in [0.25, 0.3) is 5.88 Å². The molecule has 2 aromatic heterocycles. The van der Waals surface area contributed by atoms with E-state index in [1.54, 1.807) is 24.7 Å². The lowest BCUT2D eigenvalue weighted by Crippen LogP contribution is -2.53. The summed E-state index contributed by atoms with van der Waals surface area (Å²) in [4.78, 5) is 42.5. The summed E-state index contributed by atoms with van der Waals surface area (Å²) in [6.45, 7) is 6.61. The van der Waals surface area contributed by atoms with E-state index in [2.05, 4.69) is 27.5 Å². The summed E-state index contributed by atoms with van der Waals surface area (Å²) in [5, 5.41) is 6.49. The molecule has 0 spiro atoms. The summed E-state index contributed by atoms with van der Waals surface area (Å²) in [7, 11) is 0. The van der Waals surface area contributed by atoms with Crippen molar-refractivity contribution in [1.29, 1.82) is 0 Å². The van der Waals surface area contributed by atoms with Gasteiger partial charge in [-0.15, -0.1) is 0 Å². The second-order valence-electron chi connectivity index (χ2n) is 14.3. The van der Waals surface area contributed by atoms with Crippen LogP contribution < -0.4 is 20.3 Å². The molecule has 0 saturated carbocycles. The molecule has 56 heavy (non-hydrogen) atoms. The highest BCUT2D eigenvalue weighted by molar-refractivity contribution is 5.98. The van der Waals surface area contributed by atoms with E-state index >= 15 is 0 Å². The zero-order valence-corrected chi connectivity index (χ0v) is 31.3. The van der Waals surface area contributed by atoms with Crippen molar-refractivity contribution in [3.63, 3.8) is 0 Å². The van der Waals surface area contributed by atoms with E-state index in [0.717, 1.165) is 11.1 Å². The van der Waals surface area contributed by atoms with Crippen LogP contribution in [0.4, 0.5) is 22.1 Å². The second-order valence-corrected chi connectivity index (χ2v) is 14.3. The first-order chi connectivity index (χ1) is 27.3. The molecule has 13 nitrogen and oxygen atoms in total. The van der Waals surface area contributed by atoms with Crippen molar-refractivity contribution < 1.29 is 28.5 Å². The average molecular weight is 754 g/mol. The number of imidazole rings is 1. The van der Waals surface area contributed by atoms with Gasteiger partial charge in [0.15, 0.2) is 17.4 Å². The van der Waals surface area contributed by atoms with Crippen LogP contribution in [0.25, 0.3) is 11.2 Å². The third kappa shape index (κ3) is 7.37. The van der Waals surface area contributed by atoms with Gasteiger partial charge >= 0.3 is 6.09 Å². The van der Waals surface area contributed by atoms with Gasteiger partial charge in [-0.2, -0.15) is 9.97 Å². The Morgan fingerprint density at radius 3 is 2.05 bits per heavy atom. The number of anilines is 3. The first-order valence-electron chi connectivity index (χ1n) is 18.7. The van der Waals surface area contributed by atoms with Crippen molar-refractivity contribution in [3.8, 4) is 5.88 Å². The zero-order chi connectivity index (χ0) is 38.6. The van der Waals surface area contributed by atoms with E-state index in [1.807, 2.05) is 121 Å². The topological polar surface area (TPSA) is 142 Å². The first kappa shape index (κ1) is 37.0. The van der Waals surface area contributed by atoms with Gasteiger partial charge in [-0.25, -0.2) is 14.7 Å². The van der Waals surface area contributed by atoms with Gasteiger partial charge in [-0.3, -0.25) is 14.7 Å². The number of carbonyl (C=O) groups excluding carboxylic acids is 2. The summed E-state index contributed by atoms with van der Waals surface area (Å²) < 4.78 is 28.0. The molecule has 13 heteroatoms. The van der Waals surface area contributed by atoms with E-state index in [9.17, 15) is 9.59 Å². The maximum absolute atomic E-state index is 14.1. The summed E-state index contributed by atoms with van der Waals surface area (Å²) in [5.41, 5.74) is 2.86. The number of rotatable bonds is 13. The van der Waals surface area contributed by atoms with E-state index in [0.29, 0.717) is 30.2 Å². The van der Waals surface area contributed by atoms with Crippen LogP contribution in [0.1, 0.15) is 38.1 Å². The fraction of sp³-hybridized carbons (Fsp3) is 0.279.